The summed E-state index contributed by atoms with van der Waals surface area (Å²) in [6.45, 7) is 16.3. The maximum absolute atomic E-state index is 13.7. The highest BCUT2D eigenvalue weighted by Gasteiger charge is 2.37. The molecule has 0 heterocycles. The van der Waals surface area contributed by atoms with Gasteiger partial charge in [-0.1, -0.05) is 37.8 Å². The molecule has 36 heavy (non-hydrogen) atoms. The molecule has 1 rings (SSSR count). The maximum atomic E-state index is 13.7. The predicted octanol–water partition coefficient (Wildman–Crippen LogP) is 3.98. The van der Waals surface area contributed by atoms with Gasteiger partial charge in [-0.3, -0.25) is 14.4 Å². The van der Waals surface area contributed by atoms with Crippen LogP contribution in [0.15, 0.2) is 30.8 Å². The summed E-state index contributed by atoms with van der Waals surface area (Å²) >= 11 is 0. The number of nitrogens with zero attached hydrogens (tertiary/aromatic N) is 1. The van der Waals surface area contributed by atoms with Crippen molar-refractivity contribution in [2.45, 2.75) is 85.0 Å². The molecule has 3 unspecified atom stereocenters. The van der Waals surface area contributed by atoms with Crippen molar-refractivity contribution in [2.75, 3.05) is 13.2 Å². The number of carbonyl (C=O) groups excluding carboxylic acids is 4. The molecule has 0 spiro atoms. The first-order chi connectivity index (χ1) is 16.8. The Morgan fingerprint density at radius 2 is 1.81 bits per heavy atom. The lowest BCUT2D eigenvalue weighted by Gasteiger charge is -2.37. The zero-order valence-electron chi connectivity index (χ0n) is 22.6. The molecule has 0 aliphatic carbocycles. The van der Waals surface area contributed by atoms with Gasteiger partial charge in [0.1, 0.15) is 17.7 Å². The summed E-state index contributed by atoms with van der Waals surface area (Å²) in [6, 6.07) is 4.88. The van der Waals surface area contributed by atoms with Crippen molar-refractivity contribution in [1.82, 2.24) is 15.5 Å². The normalized spacial score (nSPS) is 13.5. The third-order valence-electron chi connectivity index (χ3n) is 5.35. The Morgan fingerprint density at radius 3 is 2.36 bits per heavy atom. The molecule has 2 N–H and O–H groups in total. The number of rotatable bonds is 12. The van der Waals surface area contributed by atoms with Gasteiger partial charge in [-0.05, 0) is 65.2 Å². The lowest BCUT2D eigenvalue weighted by Crippen LogP contribution is -2.54. The first-order valence-corrected chi connectivity index (χ1v) is 12.3. The highest BCUT2D eigenvalue weighted by molar-refractivity contribution is 5.92. The fourth-order valence-electron chi connectivity index (χ4n) is 3.48. The Balaban J connectivity index is 3.32. The van der Waals surface area contributed by atoms with Gasteiger partial charge in [0.2, 0.25) is 11.8 Å². The van der Waals surface area contributed by atoms with Gasteiger partial charge in [-0.2, -0.15) is 0 Å². The average Bonchev–Trinajstić information content (AvgIpc) is 2.80. The number of nitrogens with one attached hydrogen (secondary N) is 2. The number of carbonyl (C=O) groups is 4. The first-order valence-electron chi connectivity index (χ1n) is 12.3. The van der Waals surface area contributed by atoms with Crippen LogP contribution in [0.1, 0.15) is 78.5 Å². The quantitative estimate of drug-likeness (QED) is 0.417. The highest BCUT2D eigenvalue weighted by Crippen LogP contribution is 2.27. The molecule has 0 aromatic heterocycles. The van der Waals surface area contributed by atoms with E-state index in [0.717, 1.165) is 5.56 Å². The zero-order chi connectivity index (χ0) is 27.5. The molecule has 0 saturated carbocycles. The van der Waals surface area contributed by atoms with E-state index >= 15 is 0 Å². The molecule has 3 atom stereocenters. The van der Waals surface area contributed by atoms with Crippen LogP contribution in [0.5, 0.6) is 0 Å². The smallest absolute Gasteiger partial charge is 0.408 e. The number of amides is 3. The van der Waals surface area contributed by atoms with E-state index in [9.17, 15) is 19.2 Å². The second-order valence-corrected chi connectivity index (χ2v) is 9.49. The number of esters is 1. The van der Waals surface area contributed by atoms with Crippen LogP contribution in [0.2, 0.25) is 0 Å². The second kappa shape index (κ2) is 14.3. The topological polar surface area (TPSA) is 114 Å². The van der Waals surface area contributed by atoms with Crippen LogP contribution in [0.25, 0.3) is 6.08 Å². The lowest BCUT2D eigenvalue weighted by atomic mass is 9.98. The molecule has 0 aliphatic heterocycles. The van der Waals surface area contributed by atoms with Crippen LogP contribution in [0, 0.1) is 0 Å². The van der Waals surface area contributed by atoms with Crippen LogP contribution in [0.3, 0.4) is 0 Å². The third kappa shape index (κ3) is 9.71. The molecule has 0 saturated heterocycles. The van der Waals surface area contributed by atoms with Gasteiger partial charge in [0, 0.05) is 12.6 Å². The van der Waals surface area contributed by atoms with E-state index in [1.165, 1.54) is 4.90 Å². The SMILES string of the molecule is C=Cc1cccc(C(C(=O)NCCC(=O)OCC)N(C(=O)C(C)NC(=O)OC(C)(C)C)C(C)CC)c1. The van der Waals surface area contributed by atoms with E-state index in [4.69, 9.17) is 9.47 Å². The zero-order valence-corrected chi connectivity index (χ0v) is 22.6. The summed E-state index contributed by atoms with van der Waals surface area (Å²) in [4.78, 5) is 52.7. The highest BCUT2D eigenvalue weighted by atomic mass is 16.6. The monoisotopic (exact) mass is 503 g/mol. The summed E-state index contributed by atoms with van der Waals surface area (Å²) < 4.78 is 10.2. The minimum Gasteiger partial charge on any atom is -0.466 e. The summed E-state index contributed by atoms with van der Waals surface area (Å²) in [6.07, 6.45) is 1.50. The van der Waals surface area contributed by atoms with Gasteiger partial charge >= 0.3 is 12.1 Å². The van der Waals surface area contributed by atoms with Gasteiger partial charge in [0.15, 0.2) is 0 Å². The second-order valence-electron chi connectivity index (χ2n) is 9.49. The summed E-state index contributed by atoms with van der Waals surface area (Å²) in [5, 5.41) is 5.34. The van der Waals surface area contributed by atoms with Crippen molar-refractivity contribution < 1.29 is 28.7 Å². The molecule has 9 nitrogen and oxygen atoms in total. The van der Waals surface area contributed by atoms with Crippen LogP contribution in [-0.4, -0.2) is 59.6 Å². The number of hydrogen-bond acceptors (Lipinski definition) is 6. The summed E-state index contributed by atoms with van der Waals surface area (Å²) in [5.41, 5.74) is 0.642. The fraction of sp³-hybridized carbons (Fsp3) is 0.556. The minimum atomic E-state index is -1.00. The maximum Gasteiger partial charge on any atom is 0.408 e. The fourth-order valence-corrected chi connectivity index (χ4v) is 3.48. The average molecular weight is 504 g/mol. The van der Waals surface area contributed by atoms with Crippen LogP contribution < -0.4 is 10.6 Å². The molecule has 1 aromatic rings. The van der Waals surface area contributed by atoms with Crippen molar-refractivity contribution >= 4 is 30.0 Å². The largest absolute Gasteiger partial charge is 0.466 e. The standard InChI is InChI=1S/C27H41N3O6/c1-9-18(4)30(25(33)19(5)29-26(34)36-27(6,7)8)23(21-14-12-13-20(10-2)17-21)24(32)28-16-15-22(31)35-11-3/h10,12-14,17-19,23H,2,9,11,15-16H2,1,3-8H3,(H,28,32)(H,29,34). The van der Waals surface area contributed by atoms with E-state index in [0.29, 0.717) is 12.0 Å². The predicted molar refractivity (Wildman–Crippen MR) is 139 cm³/mol. The van der Waals surface area contributed by atoms with E-state index in [1.807, 2.05) is 19.9 Å². The third-order valence-corrected chi connectivity index (χ3v) is 5.35. The summed E-state index contributed by atoms with van der Waals surface area (Å²) in [7, 11) is 0. The molecular formula is C27H41N3O6. The molecule has 0 aliphatic rings. The molecular weight excluding hydrogens is 462 g/mol. The van der Waals surface area contributed by atoms with E-state index in [1.54, 1.807) is 58.9 Å². The first kappa shape index (κ1) is 30.7. The van der Waals surface area contributed by atoms with E-state index < -0.39 is 41.6 Å². The molecule has 200 valence electrons. The van der Waals surface area contributed by atoms with Crippen molar-refractivity contribution in [3.63, 3.8) is 0 Å². The number of ether oxygens (including phenoxy) is 2. The Hall–Kier alpha value is -3.36. The Morgan fingerprint density at radius 1 is 1.14 bits per heavy atom. The Bertz CT molecular complexity index is 924. The molecule has 1 aromatic carbocycles. The Labute approximate surface area is 214 Å². The molecule has 0 bridgehead atoms. The van der Waals surface area contributed by atoms with Crippen LogP contribution in [-0.2, 0) is 23.9 Å². The number of benzene rings is 1. The van der Waals surface area contributed by atoms with Crippen molar-refractivity contribution in [3.05, 3.63) is 42.0 Å². The van der Waals surface area contributed by atoms with Crippen molar-refractivity contribution in [2.24, 2.45) is 0 Å². The van der Waals surface area contributed by atoms with Gasteiger partial charge in [0.05, 0.1) is 13.0 Å². The van der Waals surface area contributed by atoms with E-state index in [2.05, 4.69) is 17.2 Å². The molecule has 0 fully saturated rings. The van der Waals surface area contributed by atoms with Crippen molar-refractivity contribution in [1.29, 1.82) is 0 Å². The van der Waals surface area contributed by atoms with Crippen LogP contribution in [0.4, 0.5) is 4.79 Å². The molecule has 0 radical (unpaired) electrons. The molecule has 9 heteroatoms. The Kier molecular flexibility index (Phi) is 12.1. The number of hydrogen-bond donors (Lipinski definition) is 2. The van der Waals surface area contributed by atoms with Crippen LogP contribution >= 0.6 is 0 Å². The summed E-state index contributed by atoms with van der Waals surface area (Å²) in [5.74, 6) is -1.31. The molecule has 3 amide bonds. The van der Waals surface area contributed by atoms with Gasteiger partial charge < -0.3 is 25.0 Å². The number of alkyl carbamates (subject to hydrolysis) is 1. The van der Waals surface area contributed by atoms with Crippen molar-refractivity contribution in [3.8, 4) is 0 Å². The van der Waals surface area contributed by atoms with Gasteiger partial charge in [-0.15, -0.1) is 0 Å². The van der Waals surface area contributed by atoms with E-state index in [-0.39, 0.29) is 25.6 Å². The lowest BCUT2D eigenvalue weighted by molar-refractivity contribution is -0.145. The van der Waals surface area contributed by atoms with Gasteiger partial charge in [-0.25, -0.2) is 4.79 Å². The minimum absolute atomic E-state index is 0.00682. The van der Waals surface area contributed by atoms with Gasteiger partial charge in [0.25, 0.3) is 0 Å².